The maximum absolute atomic E-state index is 12.2. The van der Waals surface area contributed by atoms with Gasteiger partial charge in [-0.3, -0.25) is 33.6 Å². The van der Waals surface area contributed by atoms with E-state index in [2.05, 4.69) is 0 Å². The number of esters is 7. The second-order valence-corrected chi connectivity index (χ2v) is 9.68. The molecule has 248 valence electrons. The van der Waals surface area contributed by atoms with Gasteiger partial charge in [0.15, 0.2) is 43.1 Å². The van der Waals surface area contributed by atoms with Crippen LogP contribution < -0.4 is 0 Å². The minimum atomic E-state index is -1.90. The fraction of sp³-hybridized carbons (Fsp3) is 0.731. The van der Waals surface area contributed by atoms with Crippen LogP contribution in [0.1, 0.15) is 48.5 Å². The monoisotopic (exact) mass is 636 g/mol. The van der Waals surface area contributed by atoms with E-state index in [0.717, 1.165) is 48.5 Å². The van der Waals surface area contributed by atoms with E-state index in [4.69, 9.17) is 47.4 Å². The molecule has 0 spiro atoms. The van der Waals surface area contributed by atoms with Crippen molar-refractivity contribution in [3.8, 4) is 0 Å². The molecule has 0 aromatic carbocycles. The molecule has 2 aliphatic heterocycles. The largest absolute Gasteiger partial charge is 0.463 e. The van der Waals surface area contributed by atoms with Gasteiger partial charge in [-0.15, -0.1) is 0 Å². The number of hydrogen-bond donors (Lipinski definition) is 1. The Balaban J connectivity index is 2.66. The molecule has 5 unspecified atom stereocenters. The fourth-order valence-electron chi connectivity index (χ4n) is 4.49. The van der Waals surface area contributed by atoms with Gasteiger partial charge in [0.05, 0.1) is 0 Å². The molecule has 0 radical (unpaired) electrons. The SMILES string of the molecule is CC(=O)OCC1O[C@@H](O)C(OC(C)=O)C(OC(C)=O)[C@@H]1O[C@@H]1O[C@@H](COC(C)=O)[C@H](OC(C)=O)C(OC(C)=O)C1OC(C)=O. The molecule has 0 aromatic rings. The molecule has 0 bridgehead atoms. The Morgan fingerprint density at radius 2 is 0.841 bits per heavy atom. The van der Waals surface area contributed by atoms with Crippen molar-refractivity contribution in [2.24, 2.45) is 0 Å². The van der Waals surface area contributed by atoms with E-state index in [1.807, 2.05) is 0 Å². The highest BCUT2D eigenvalue weighted by Gasteiger charge is 2.57. The summed E-state index contributed by atoms with van der Waals surface area (Å²) in [5, 5.41) is 10.6. The lowest BCUT2D eigenvalue weighted by atomic mass is 9.96. The molecule has 2 aliphatic rings. The van der Waals surface area contributed by atoms with Crippen LogP contribution in [0.25, 0.3) is 0 Å². The zero-order valence-corrected chi connectivity index (χ0v) is 25.1. The van der Waals surface area contributed by atoms with Crippen molar-refractivity contribution in [1.82, 2.24) is 0 Å². The van der Waals surface area contributed by atoms with Gasteiger partial charge in [-0.1, -0.05) is 0 Å². The average molecular weight is 637 g/mol. The average Bonchev–Trinajstić information content (AvgIpc) is 2.87. The van der Waals surface area contributed by atoms with Crippen LogP contribution in [0, 0.1) is 0 Å². The molecule has 2 fully saturated rings. The van der Waals surface area contributed by atoms with Crippen LogP contribution in [0.15, 0.2) is 0 Å². The third-order valence-electron chi connectivity index (χ3n) is 5.90. The molecule has 0 aliphatic carbocycles. The lowest BCUT2D eigenvalue weighted by Crippen LogP contribution is -2.67. The summed E-state index contributed by atoms with van der Waals surface area (Å²) in [5.41, 5.74) is 0. The quantitative estimate of drug-likeness (QED) is 0.203. The molecule has 1 N–H and O–H groups in total. The van der Waals surface area contributed by atoms with Crippen molar-refractivity contribution in [2.45, 2.75) is 110 Å². The van der Waals surface area contributed by atoms with Gasteiger partial charge in [-0.2, -0.15) is 0 Å². The molecule has 10 atom stereocenters. The zero-order chi connectivity index (χ0) is 33.3. The van der Waals surface area contributed by atoms with Gasteiger partial charge in [-0.25, -0.2) is 0 Å². The maximum Gasteiger partial charge on any atom is 0.303 e. The molecule has 2 heterocycles. The minimum absolute atomic E-state index is 0.572. The highest BCUT2D eigenvalue weighted by Crippen LogP contribution is 2.34. The van der Waals surface area contributed by atoms with Gasteiger partial charge < -0.3 is 52.5 Å². The Hall–Kier alpha value is -3.87. The van der Waals surface area contributed by atoms with E-state index in [0.29, 0.717) is 0 Å². The fourth-order valence-corrected chi connectivity index (χ4v) is 4.49. The number of aliphatic hydroxyl groups is 1. The van der Waals surface area contributed by atoms with Crippen LogP contribution in [0.5, 0.6) is 0 Å². The van der Waals surface area contributed by atoms with Gasteiger partial charge in [-0.05, 0) is 0 Å². The van der Waals surface area contributed by atoms with E-state index in [1.165, 1.54) is 0 Å². The van der Waals surface area contributed by atoms with E-state index in [1.54, 1.807) is 0 Å². The second-order valence-electron chi connectivity index (χ2n) is 9.68. The Morgan fingerprint density at radius 3 is 1.27 bits per heavy atom. The van der Waals surface area contributed by atoms with Gasteiger partial charge >= 0.3 is 41.8 Å². The molecule has 0 saturated carbocycles. The number of ether oxygens (including phenoxy) is 10. The van der Waals surface area contributed by atoms with Crippen LogP contribution in [0.3, 0.4) is 0 Å². The van der Waals surface area contributed by atoms with Gasteiger partial charge in [0.1, 0.15) is 31.5 Å². The Labute approximate surface area is 251 Å². The molecule has 18 heteroatoms. The summed E-state index contributed by atoms with van der Waals surface area (Å²) in [5.74, 6) is -6.03. The van der Waals surface area contributed by atoms with E-state index < -0.39 is 116 Å². The lowest BCUT2D eigenvalue weighted by molar-refractivity contribution is -0.357. The summed E-state index contributed by atoms with van der Waals surface area (Å²) in [4.78, 5) is 83.5. The van der Waals surface area contributed by atoms with Gasteiger partial charge in [0, 0.05) is 48.5 Å². The van der Waals surface area contributed by atoms with Crippen LogP contribution in [-0.2, 0) is 80.9 Å². The standard InChI is InChI=1S/C26H36O18/c1-10(27)35-8-17-20(21(38-13(4)30)23(25(34)42-17)40-15(6)32)44-26-24(41-16(7)33)22(39-14(5)31)19(37-12(3)29)18(43-26)9-36-11(2)28/h17-26,34H,8-9H2,1-7H3/t17?,18-,19-,20+,21?,22?,23?,24?,25+,26-/m0/s1. The first-order valence-corrected chi connectivity index (χ1v) is 13.3. The summed E-state index contributed by atoms with van der Waals surface area (Å²) in [6.45, 7) is 6.11. The molecule has 44 heavy (non-hydrogen) atoms. The summed E-state index contributed by atoms with van der Waals surface area (Å²) in [6, 6.07) is 0. The van der Waals surface area contributed by atoms with Crippen molar-refractivity contribution in [1.29, 1.82) is 0 Å². The van der Waals surface area contributed by atoms with Crippen molar-refractivity contribution >= 4 is 41.8 Å². The second kappa shape index (κ2) is 16.3. The molecule has 18 nitrogen and oxygen atoms in total. The first kappa shape index (κ1) is 36.3. The predicted molar refractivity (Wildman–Crippen MR) is 135 cm³/mol. The third-order valence-corrected chi connectivity index (χ3v) is 5.90. The maximum atomic E-state index is 12.2. The van der Waals surface area contributed by atoms with Crippen molar-refractivity contribution in [3.63, 3.8) is 0 Å². The number of aliphatic hydroxyl groups excluding tert-OH is 1. The van der Waals surface area contributed by atoms with E-state index in [-0.39, 0.29) is 0 Å². The van der Waals surface area contributed by atoms with Crippen LogP contribution in [0.2, 0.25) is 0 Å². The van der Waals surface area contributed by atoms with Gasteiger partial charge in [0.25, 0.3) is 0 Å². The number of carbonyl (C=O) groups excluding carboxylic acids is 7. The van der Waals surface area contributed by atoms with Crippen LogP contribution in [0.4, 0.5) is 0 Å². The summed E-state index contributed by atoms with van der Waals surface area (Å²) in [6.07, 6.45) is -16.3. The highest BCUT2D eigenvalue weighted by molar-refractivity contribution is 5.69. The van der Waals surface area contributed by atoms with E-state index >= 15 is 0 Å². The van der Waals surface area contributed by atoms with E-state index in [9.17, 15) is 38.7 Å². The number of rotatable bonds is 11. The molecule has 2 rings (SSSR count). The van der Waals surface area contributed by atoms with Crippen molar-refractivity contribution in [3.05, 3.63) is 0 Å². The normalized spacial score (nSPS) is 31.5. The molecular formula is C26H36O18. The van der Waals surface area contributed by atoms with Crippen molar-refractivity contribution in [2.75, 3.05) is 13.2 Å². The highest BCUT2D eigenvalue weighted by atomic mass is 16.8. The summed E-state index contributed by atoms with van der Waals surface area (Å²) >= 11 is 0. The summed E-state index contributed by atoms with van der Waals surface area (Å²) in [7, 11) is 0. The van der Waals surface area contributed by atoms with Crippen molar-refractivity contribution < 1.29 is 86.0 Å². The molecule has 0 aromatic heterocycles. The lowest BCUT2D eigenvalue weighted by Gasteiger charge is -2.48. The van der Waals surface area contributed by atoms with Crippen LogP contribution in [-0.4, -0.2) is 122 Å². The smallest absolute Gasteiger partial charge is 0.303 e. The topological polar surface area (TPSA) is 232 Å². The Kier molecular flexibility index (Phi) is 13.4. The Bertz CT molecular complexity index is 1090. The molecular weight excluding hydrogens is 600 g/mol. The zero-order valence-electron chi connectivity index (χ0n) is 25.1. The molecule has 2 saturated heterocycles. The molecule has 0 amide bonds. The number of hydrogen-bond acceptors (Lipinski definition) is 18. The first-order valence-electron chi connectivity index (χ1n) is 13.3. The number of carbonyl (C=O) groups is 7. The van der Waals surface area contributed by atoms with Crippen LogP contribution >= 0.6 is 0 Å². The third kappa shape index (κ3) is 10.7. The predicted octanol–water partition coefficient (Wildman–Crippen LogP) is -1.40. The Morgan fingerprint density at radius 1 is 0.477 bits per heavy atom. The summed E-state index contributed by atoms with van der Waals surface area (Å²) < 4.78 is 54.1. The van der Waals surface area contributed by atoms with Gasteiger partial charge in [0.2, 0.25) is 0 Å². The minimum Gasteiger partial charge on any atom is -0.463 e. The first-order chi connectivity index (χ1) is 20.5.